The number of rotatable bonds is 10. The second-order valence-electron chi connectivity index (χ2n) is 5.78. The minimum absolute atomic E-state index is 0. The number of amides is 1. The summed E-state index contributed by atoms with van der Waals surface area (Å²) in [7, 11) is 0. The van der Waals surface area contributed by atoms with Crippen LogP contribution >= 0.6 is 24.0 Å². The van der Waals surface area contributed by atoms with Crippen molar-refractivity contribution in [2.75, 3.05) is 45.9 Å². The highest BCUT2D eigenvalue weighted by Gasteiger charge is 2.15. The zero-order chi connectivity index (χ0) is 16.8. The number of halogens is 1. The highest BCUT2D eigenvalue weighted by Crippen LogP contribution is 2.11. The molecule has 0 aliphatic carbocycles. The average molecular weight is 454 g/mol. The Morgan fingerprint density at radius 2 is 2.04 bits per heavy atom. The maximum Gasteiger partial charge on any atom is 0.222 e. The molecule has 142 valence electrons. The van der Waals surface area contributed by atoms with Crippen molar-refractivity contribution in [3.05, 3.63) is 0 Å². The van der Waals surface area contributed by atoms with E-state index in [0.29, 0.717) is 12.3 Å². The Morgan fingerprint density at radius 1 is 1.21 bits per heavy atom. The lowest BCUT2D eigenvalue weighted by atomic mass is 10.2. The molecule has 0 bridgehead atoms. The molecule has 1 aliphatic heterocycles. The largest absolute Gasteiger partial charge is 0.382 e. The zero-order valence-corrected chi connectivity index (χ0v) is 17.6. The van der Waals surface area contributed by atoms with Crippen LogP contribution in [-0.4, -0.2) is 62.7 Å². The van der Waals surface area contributed by atoms with E-state index in [0.717, 1.165) is 77.6 Å². The summed E-state index contributed by atoms with van der Waals surface area (Å²) in [6, 6.07) is 0. The smallest absolute Gasteiger partial charge is 0.222 e. The van der Waals surface area contributed by atoms with Gasteiger partial charge in [-0.25, -0.2) is 0 Å². The minimum Gasteiger partial charge on any atom is -0.382 e. The van der Waals surface area contributed by atoms with Crippen LogP contribution in [0.3, 0.4) is 0 Å². The van der Waals surface area contributed by atoms with Crippen LogP contribution in [0.25, 0.3) is 0 Å². The van der Waals surface area contributed by atoms with Gasteiger partial charge in [0.1, 0.15) is 0 Å². The molecule has 1 rings (SSSR count). The van der Waals surface area contributed by atoms with Crippen LogP contribution in [0.2, 0.25) is 0 Å². The lowest BCUT2D eigenvalue weighted by molar-refractivity contribution is -0.130. The number of nitrogens with one attached hydrogen (secondary N) is 2. The van der Waals surface area contributed by atoms with Gasteiger partial charge in [-0.15, -0.1) is 24.0 Å². The van der Waals surface area contributed by atoms with E-state index in [-0.39, 0.29) is 24.0 Å². The highest BCUT2D eigenvalue weighted by atomic mass is 127. The third-order valence-corrected chi connectivity index (χ3v) is 3.83. The van der Waals surface area contributed by atoms with Gasteiger partial charge >= 0.3 is 0 Å². The van der Waals surface area contributed by atoms with Crippen molar-refractivity contribution in [2.45, 2.75) is 52.4 Å². The van der Waals surface area contributed by atoms with Crippen molar-refractivity contribution in [3.63, 3.8) is 0 Å². The van der Waals surface area contributed by atoms with Gasteiger partial charge in [-0.1, -0.05) is 6.42 Å². The molecule has 24 heavy (non-hydrogen) atoms. The van der Waals surface area contributed by atoms with Crippen molar-refractivity contribution in [2.24, 2.45) is 4.99 Å². The van der Waals surface area contributed by atoms with Gasteiger partial charge in [-0.05, 0) is 39.5 Å². The molecule has 0 atom stereocenters. The second-order valence-corrected chi connectivity index (χ2v) is 5.78. The Hall–Kier alpha value is -0.570. The average Bonchev–Trinajstić information content (AvgIpc) is 2.75. The van der Waals surface area contributed by atoms with Crippen molar-refractivity contribution in [1.82, 2.24) is 15.5 Å². The van der Waals surface area contributed by atoms with E-state index in [4.69, 9.17) is 4.74 Å². The van der Waals surface area contributed by atoms with Crippen molar-refractivity contribution in [3.8, 4) is 0 Å². The predicted octanol–water partition coefficient (Wildman–Crippen LogP) is 2.38. The van der Waals surface area contributed by atoms with Gasteiger partial charge in [-0.3, -0.25) is 9.79 Å². The number of aliphatic imine (C=N–C) groups is 1. The second kappa shape index (κ2) is 15.9. The van der Waals surface area contributed by atoms with Crippen LogP contribution in [0.5, 0.6) is 0 Å². The number of carbonyl (C=O) groups excluding carboxylic acids is 1. The number of nitrogens with zero attached hydrogens (tertiary/aromatic N) is 2. The first-order valence-corrected chi connectivity index (χ1v) is 9.15. The summed E-state index contributed by atoms with van der Waals surface area (Å²) in [4.78, 5) is 18.5. The molecule has 6 nitrogen and oxygen atoms in total. The summed E-state index contributed by atoms with van der Waals surface area (Å²) in [6.07, 6.45) is 5.97. The Bertz CT molecular complexity index is 353. The first-order valence-electron chi connectivity index (χ1n) is 9.15. The summed E-state index contributed by atoms with van der Waals surface area (Å²) < 4.78 is 5.32. The van der Waals surface area contributed by atoms with E-state index < -0.39 is 0 Å². The van der Waals surface area contributed by atoms with Crippen molar-refractivity contribution < 1.29 is 9.53 Å². The first-order chi connectivity index (χ1) is 11.3. The maximum atomic E-state index is 11.9. The molecular formula is C17H35IN4O2. The van der Waals surface area contributed by atoms with Crippen LogP contribution < -0.4 is 10.6 Å². The summed E-state index contributed by atoms with van der Waals surface area (Å²) in [6.45, 7) is 9.80. The van der Waals surface area contributed by atoms with Crippen LogP contribution in [0.4, 0.5) is 0 Å². The van der Waals surface area contributed by atoms with Crippen molar-refractivity contribution >= 4 is 35.8 Å². The fourth-order valence-corrected chi connectivity index (χ4v) is 2.59. The quantitative estimate of drug-likeness (QED) is 0.230. The standard InChI is InChI=1S/C17H34N4O2.HI/c1-3-18-17(20-12-9-15-23-4-2)19-11-8-14-21-13-7-5-6-10-16(21)22;/h3-15H2,1-2H3,(H2,18,19,20);1H. The number of hydrogen-bond donors (Lipinski definition) is 2. The molecule has 0 aromatic heterocycles. The molecule has 2 N–H and O–H groups in total. The van der Waals surface area contributed by atoms with Gasteiger partial charge in [0.25, 0.3) is 0 Å². The normalized spacial score (nSPS) is 15.7. The Labute approximate surface area is 164 Å². The summed E-state index contributed by atoms with van der Waals surface area (Å²) in [5, 5.41) is 6.56. The van der Waals surface area contributed by atoms with Crippen molar-refractivity contribution in [1.29, 1.82) is 0 Å². The number of likely N-dealkylation sites (tertiary alicyclic amines) is 1. The number of hydrogen-bond acceptors (Lipinski definition) is 3. The number of carbonyl (C=O) groups is 1. The van der Waals surface area contributed by atoms with E-state index in [1.807, 2.05) is 11.8 Å². The predicted molar refractivity (Wildman–Crippen MR) is 110 cm³/mol. The molecule has 0 spiro atoms. The minimum atomic E-state index is 0. The molecule has 1 amide bonds. The van der Waals surface area contributed by atoms with Gasteiger partial charge in [0.2, 0.25) is 5.91 Å². The van der Waals surface area contributed by atoms with Gasteiger partial charge in [-0.2, -0.15) is 0 Å². The summed E-state index contributed by atoms with van der Waals surface area (Å²) >= 11 is 0. The Balaban J connectivity index is 0.00000529. The molecule has 1 fully saturated rings. The molecule has 0 aromatic rings. The lowest BCUT2D eigenvalue weighted by Gasteiger charge is -2.20. The topological polar surface area (TPSA) is 66.0 Å². The van der Waals surface area contributed by atoms with Gasteiger partial charge in [0.15, 0.2) is 5.96 Å². The molecule has 1 saturated heterocycles. The molecule has 7 heteroatoms. The molecule has 1 aliphatic rings. The zero-order valence-electron chi connectivity index (χ0n) is 15.3. The number of ether oxygens (including phenoxy) is 1. The third-order valence-electron chi connectivity index (χ3n) is 3.83. The third kappa shape index (κ3) is 11.1. The number of guanidine groups is 1. The summed E-state index contributed by atoms with van der Waals surface area (Å²) in [5.41, 5.74) is 0. The fraction of sp³-hybridized carbons (Fsp3) is 0.882. The molecule has 1 heterocycles. The van der Waals surface area contributed by atoms with Gasteiger partial charge in [0.05, 0.1) is 0 Å². The highest BCUT2D eigenvalue weighted by molar-refractivity contribution is 14.0. The van der Waals surface area contributed by atoms with Gasteiger partial charge in [0, 0.05) is 52.4 Å². The maximum absolute atomic E-state index is 11.9. The molecule has 0 unspecified atom stereocenters. The SMILES string of the molecule is CCNC(=NCCCN1CCCCCC1=O)NCCCOCC.I. The van der Waals surface area contributed by atoms with Crippen LogP contribution in [-0.2, 0) is 9.53 Å². The van der Waals surface area contributed by atoms with Crippen LogP contribution in [0.15, 0.2) is 4.99 Å². The van der Waals surface area contributed by atoms with Crippen LogP contribution in [0.1, 0.15) is 52.4 Å². The molecular weight excluding hydrogens is 419 g/mol. The Kier molecular flexibility index (Phi) is 15.6. The van der Waals surface area contributed by atoms with E-state index in [9.17, 15) is 4.79 Å². The fourth-order valence-electron chi connectivity index (χ4n) is 2.59. The monoisotopic (exact) mass is 454 g/mol. The molecule has 0 aromatic carbocycles. The first kappa shape index (κ1) is 23.4. The van der Waals surface area contributed by atoms with E-state index in [2.05, 4.69) is 22.5 Å². The molecule has 0 radical (unpaired) electrons. The van der Waals surface area contributed by atoms with Gasteiger partial charge < -0.3 is 20.3 Å². The molecule has 0 saturated carbocycles. The van der Waals surface area contributed by atoms with E-state index in [1.165, 1.54) is 6.42 Å². The van der Waals surface area contributed by atoms with Crippen LogP contribution in [0, 0.1) is 0 Å². The summed E-state index contributed by atoms with van der Waals surface area (Å²) in [5.74, 6) is 1.17. The van der Waals surface area contributed by atoms with E-state index >= 15 is 0 Å². The Morgan fingerprint density at radius 3 is 2.79 bits per heavy atom. The lowest BCUT2D eigenvalue weighted by Crippen LogP contribution is -2.38. The van der Waals surface area contributed by atoms with E-state index in [1.54, 1.807) is 0 Å².